The van der Waals surface area contributed by atoms with E-state index in [9.17, 15) is 4.79 Å². The number of ether oxygens (including phenoxy) is 1. The van der Waals surface area contributed by atoms with Gasteiger partial charge in [0, 0.05) is 13.0 Å². The Morgan fingerprint density at radius 2 is 1.90 bits per heavy atom. The van der Waals surface area contributed by atoms with Crippen molar-refractivity contribution in [1.82, 2.24) is 5.32 Å². The van der Waals surface area contributed by atoms with Gasteiger partial charge in [0.2, 0.25) is 5.91 Å². The Balaban J connectivity index is 0.00000200. The van der Waals surface area contributed by atoms with Crippen molar-refractivity contribution in [3.05, 3.63) is 42.5 Å². The number of nitrogens with one attached hydrogen (secondary N) is 1. The number of nitrogens with two attached hydrogens (primary N) is 1. The molecule has 2 aromatic rings. The first kappa shape index (κ1) is 16.3. The second-order valence-electron chi connectivity index (χ2n) is 4.25. The molecule has 3 N–H and O–H groups in total. The summed E-state index contributed by atoms with van der Waals surface area (Å²) in [5, 5.41) is 5.08. The van der Waals surface area contributed by atoms with Gasteiger partial charge in [-0.25, -0.2) is 0 Å². The van der Waals surface area contributed by atoms with E-state index in [1.54, 1.807) is 0 Å². The van der Waals surface area contributed by atoms with Crippen LogP contribution >= 0.6 is 12.4 Å². The van der Waals surface area contributed by atoms with Gasteiger partial charge in [-0.3, -0.25) is 4.79 Å². The van der Waals surface area contributed by atoms with Gasteiger partial charge in [0.15, 0.2) is 0 Å². The van der Waals surface area contributed by atoms with Crippen molar-refractivity contribution in [2.75, 3.05) is 19.7 Å². The highest BCUT2D eigenvalue weighted by atomic mass is 35.5. The lowest BCUT2D eigenvalue weighted by atomic mass is 10.1. The van der Waals surface area contributed by atoms with Crippen molar-refractivity contribution in [1.29, 1.82) is 0 Å². The van der Waals surface area contributed by atoms with E-state index >= 15 is 0 Å². The van der Waals surface area contributed by atoms with E-state index in [1.165, 1.54) is 5.39 Å². The molecule has 0 spiro atoms. The van der Waals surface area contributed by atoms with E-state index in [0.717, 1.165) is 11.1 Å². The average Bonchev–Trinajstić information content (AvgIpc) is 2.44. The molecule has 0 saturated carbocycles. The van der Waals surface area contributed by atoms with Crippen molar-refractivity contribution in [2.24, 2.45) is 5.73 Å². The fourth-order valence-electron chi connectivity index (χ4n) is 1.84. The van der Waals surface area contributed by atoms with Gasteiger partial charge in [0.25, 0.3) is 0 Å². The maximum Gasteiger partial charge on any atom is 0.221 e. The van der Waals surface area contributed by atoms with E-state index < -0.39 is 0 Å². The molecule has 1 amide bonds. The summed E-state index contributed by atoms with van der Waals surface area (Å²) < 4.78 is 5.60. The number of halogens is 1. The number of hydrogen-bond donors (Lipinski definition) is 2. The van der Waals surface area contributed by atoms with Gasteiger partial charge in [0.1, 0.15) is 12.4 Å². The smallest absolute Gasteiger partial charge is 0.221 e. The van der Waals surface area contributed by atoms with Crippen molar-refractivity contribution in [2.45, 2.75) is 6.42 Å². The van der Waals surface area contributed by atoms with Gasteiger partial charge in [-0.15, -0.1) is 12.4 Å². The van der Waals surface area contributed by atoms with Crippen molar-refractivity contribution in [3.8, 4) is 5.75 Å². The van der Waals surface area contributed by atoms with Gasteiger partial charge in [0.05, 0.1) is 6.54 Å². The molecule has 0 heterocycles. The zero-order chi connectivity index (χ0) is 13.5. The minimum absolute atomic E-state index is 0. The summed E-state index contributed by atoms with van der Waals surface area (Å²) in [6, 6.07) is 14.1. The molecular formula is C15H19ClN2O2. The summed E-state index contributed by atoms with van der Waals surface area (Å²) in [5.74, 6) is 0.774. The lowest BCUT2D eigenvalue weighted by Crippen LogP contribution is -2.29. The Labute approximate surface area is 124 Å². The van der Waals surface area contributed by atoms with Crippen molar-refractivity contribution < 1.29 is 9.53 Å². The first-order valence-corrected chi connectivity index (χ1v) is 6.38. The summed E-state index contributed by atoms with van der Waals surface area (Å²) in [6.07, 6.45) is 0.357. The van der Waals surface area contributed by atoms with Crippen LogP contribution in [0.1, 0.15) is 6.42 Å². The van der Waals surface area contributed by atoms with E-state index in [0.29, 0.717) is 26.1 Å². The molecule has 0 bridgehead atoms. The number of hydrogen-bond acceptors (Lipinski definition) is 3. The van der Waals surface area contributed by atoms with Crippen LogP contribution in [0.25, 0.3) is 10.8 Å². The predicted octanol–water partition coefficient (Wildman–Crippen LogP) is 2.11. The molecule has 0 aliphatic carbocycles. The first-order chi connectivity index (χ1) is 9.29. The molecule has 4 nitrogen and oxygen atoms in total. The fraction of sp³-hybridized carbons (Fsp3) is 0.267. The van der Waals surface area contributed by atoms with E-state index in [2.05, 4.69) is 11.4 Å². The Hall–Kier alpha value is -1.78. The highest BCUT2D eigenvalue weighted by Crippen LogP contribution is 2.20. The van der Waals surface area contributed by atoms with Gasteiger partial charge >= 0.3 is 0 Å². The molecular weight excluding hydrogens is 276 g/mol. The molecule has 0 unspecified atom stereocenters. The van der Waals surface area contributed by atoms with Crippen LogP contribution in [0.5, 0.6) is 5.75 Å². The lowest BCUT2D eigenvalue weighted by molar-refractivity contribution is -0.120. The third-order valence-electron chi connectivity index (χ3n) is 2.79. The molecule has 0 aromatic heterocycles. The van der Waals surface area contributed by atoms with E-state index in [-0.39, 0.29) is 18.3 Å². The number of rotatable bonds is 6. The summed E-state index contributed by atoms with van der Waals surface area (Å²) in [5.41, 5.74) is 5.29. The second-order valence-corrected chi connectivity index (χ2v) is 4.25. The number of fused-ring (bicyclic) bond motifs is 1. The monoisotopic (exact) mass is 294 g/mol. The molecule has 5 heteroatoms. The third kappa shape index (κ3) is 4.72. The molecule has 2 aromatic carbocycles. The molecule has 0 radical (unpaired) electrons. The number of carbonyl (C=O) groups is 1. The fourth-order valence-corrected chi connectivity index (χ4v) is 1.84. The van der Waals surface area contributed by atoms with Crippen LogP contribution in [0.2, 0.25) is 0 Å². The highest BCUT2D eigenvalue weighted by Gasteiger charge is 1.99. The maximum absolute atomic E-state index is 11.2. The minimum atomic E-state index is -0.0374. The van der Waals surface area contributed by atoms with Crippen LogP contribution < -0.4 is 15.8 Å². The van der Waals surface area contributed by atoms with Crippen molar-refractivity contribution >= 4 is 29.1 Å². The van der Waals surface area contributed by atoms with E-state index in [4.69, 9.17) is 10.5 Å². The predicted molar refractivity (Wildman–Crippen MR) is 83.4 cm³/mol. The van der Waals surface area contributed by atoms with Crippen LogP contribution in [-0.4, -0.2) is 25.6 Å². The van der Waals surface area contributed by atoms with Crippen molar-refractivity contribution in [3.63, 3.8) is 0 Å². The zero-order valence-corrected chi connectivity index (χ0v) is 12.0. The van der Waals surface area contributed by atoms with Gasteiger partial charge in [-0.2, -0.15) is 0 Å². The molecule has 0 fully saturated rings. The van der Waals surface area contributed by atoms with Gasteiger partial charge in [-0.05, 0) is 22.9 Å². The van der Waals surface area contributed by atoms with Gasteiger partial charge in [-0.1, -0.05) is 30.3 Å². The summed E-state index contributed by atoms with van der Waals surface area (Å²) in [7, 11) is 0. The molecule has 0 saturated heterocycles. The molecule has 108 valence electrons. The highest BCUT2D eigenvalue weighted by molar-refractivity contribution is 5.85. The minimum Gasteiger partial charge on any atom is -0.492 e. The molecule has 0 aliphatic rings. The Morgan fingerprint density at radius 1 is 1.15 bits per heavy atom. The number of benzene rings is 2. The van der Waals surface area contributed by atoms with Gasteiger partial charge < -0.3 is 15.8 Å². The quantitative estimate of drug-likeness (QED) is 0.802. The lowest BCUT2D eigenvalue weighted by Gasteiger charge is -2.08. The average molecular weight is 295 g/mol. The Kier molecular flexibility index (Phi) is 6.84. The summed E-state index contributed by atoms with van der Waals surface area (Å²) in [4.78, 5) is 11.2. The molecule has 20 heavy (non-hydrogen) atoms. The molecule has 0 aliphatic heterocycles. The Morgan fingerprint density at radius 3 is 2.65 bits per heavy atom. The second kappa shape index (κ2) is 8.40. The van der Waals surface area contributed by atoms with E-state index in [1.807, 2.05) is 36.4 Å². The molecule has 0 atom stereocenters. The van der Waals surface area contributed by atoms with Crippen LogP contribution in [0, 0.1) is 0 Å². The zero-order valence-electron chi connectivity index (χ0n) is 11.2. The van der Waals surface area contributed by atoms with Crippen LogP contribution in [0.15, 0.2) is 42.5 Å². The maximum atomic E-state index is 11.2. The SMILES string of the molecule is Cl.NCCC(=O)NCCOc1ccc2ccccc2c1. The standard InChI is InChI=1S/C15H18N2O2.ClH/c16-8-7-15(18)17-9-10-19-14-6-5-12-3-1-2-4-13(12)11-14;/h1-6,11H,7-10,16H2,(H,17,18);1H. The first-order valence-electron chi connectivity index (χ1n) is 6.38. The third-order valence-corrected chi connectivity index (χ3v) is 2.79. The summed E-state index contributed by atoms with van der Waals surface area (Å²) >= 11 is 0. The van der Waals surface area contributed by atoms with Crippen LogP contribution in [-0.2, 0) is 4.79 Å². The Bertz CT molecular complexity index is 560. The largest absolute Gasteiger partial charge is 0.492 e. The molecule has 2 rings (SSSR count). The summed E-state index contributed by atoms with van der Waals surface area (Å²) in [6.45, 7) is 1.32. The normalized spacial score (nSPS) is 9.85. The number of amides is 1. The number of carbonyl (C=O) groups excluding carboxylic acids is 1. The van der Waals surface area contributed by atoms with Crippen LogP contribution in [0.3, 0.4) is 0 Å². The topological polar surface area (TPSA) is 64.4 Å². The van der Waals surface area contributed by atoms with Crippen LogP contribution in [0.4, 0.5) is 0 Å².